The average Bonchev–Trinajstić information content (AvgIpc) is 3.24. The number of hydrogen-bond acceptors (Lipinski definition) is 6. The molecule has 0 radical (unpaired) electrons. The maximum Gasteiger partial charge on any atom is 0.419 e. The summed E-state index contributed by atoms with van der Waals surface area (Å²) in [6.07, 6.45) is -3.90. The zero-order chi connectivity index (χ0) is 29.1. The molecule has 2 aliphatic heterocycles. The van der Waals surface area contributed by atoms with Crippen molar-refractivity contribution >= 4 is 58.0 Å². The third kappa shape index (κ3) is 4.18. The molecule has 1 saturated heterocycles. The summed E-state index contributed by atoms with van der Waals surface area (Å²) in [4.78, 5) is 46.0. The highest BCUT2D eigenvalue weighted by Gasteiger charge is 2.51. The highest BCUT2D eigenvalue weighted by atomic mass is 35.5. The molecule has 0 atom stereocenters. The molecule has 40 heavy (non-hydrogen) atoms. The summed E-state index contributed by atoms with van der Waals surface area (Å²) in [5, 5.41) is 9.10. The number of alkyl halides is 3. The highest BCUT2D eigenvalue weighted by Crippen LogP contribution is 2.40. The number of amides is 3. The van der Waals surface area contributed by atoms with Crippen LogP contribution in [0, 0.1) is 11.3 Å². The first kappa shape index (κ1) is 27.2. The SMILES string of the molecule is CC1(C)C(=O)N(c2cnc(C#N)c(C(F)(F)F)c2)C(=S)N1c1ccc(CN2C(=O)c3ccccc3C2=O)c(Cl)c1. The van der Waals surface area contributed by atoms with Crippen LogP contribution in [-0.2, 0) is 17.5 Å². The van der Waals surface area contributed by atoms with Gasteiger partial charge in [-0.15, -0.1) is 0 Å². The molecule has 0 unspecified atom stereocenters. The number of carbonyl (C=O) groups is 3. The number of pyridine rings is 1. The summed E-state index contributed by atoms with van der Waals surface area (Å²) in [6, 6.07) is 13.2. The second-order valence-electron chi connectivity index (χ2n) is 9.53. The van der Waals surface area contributed by atoms with E-state index in [0.717, 1.165) is 16.0 Å². The Bertz CT molecular complexity index is 1650. The number of imide groups is 1. The zero-order valence-corrected chi connectivity index (χ0v) is 22.4. The summed E-state index contributed by atoms with van der Waals surface area (Å²) in [7, 11) is 0. The van der Waals surface area contributed by atoms with Crippen LogP contribution in [0.1, 0.15) is 51.4 Å². The number of rotatable bonds is 4. The molecule has 2 aliphatic rings. The predicted octanol–water partition coefficient (Wildman–Crippen LogP) is 5.34. The van der Waals surface area contributed by atoms with Gasteiger partial charge in [0.1, 0.15) is 11.6 Å². The van der Waals surface area contributed by atoms with Gasteiger partial charge in [-0.25, -0.2) is 4.98 Å². The van der Waals surface area contributed by atoms with Crippen LogP contribution < -0.4 is 9.80 Å². The molecule has 5 rings (SSSR count). The Morgan fingerprint density at radius 1 is 1.02 bits per heavy atom. The van der Waals surface area contributed by atoms with Crippen molar-refractivity contribution in [2.24, 2.45) is 0 Å². The van der Waals surface area contributed by atoms with Crippen LogP contribution in [0.3, 0.4) is 0 Å². The lowest BCUT2D eigenvalue weighted by Gasteiger charge is -2.30. The molecule has 1 fully saturated rings. The molecule has 0 aliphatic carbocycles. The molecule has 3 heterocycles. The first-order valence-corrected chi connectivity index (χ1v) is 12.5. The molecule has 0 spiro atoms. The minimum absolute atomic E-state index is 0.0957. The van der Waals surface area contributed by atoms with E-state index in [1.165, 1.54) is 17.0 Å². The molecule has 13 heteroatoms. The molecule has 202 valence electrons. The largest absolute Gasteiger partial charge is 0.419 e. The van der Waals surface area contributed by atoms with Gasteiger partial charge in [0.2, 0.25) is 0 Å². The third-order valence-corrected chi connectivity index (χ3v) is 7.43. The van der Waals surface area contributed by atoms with Crippen LogP contribution in [0.2, 0.25) is 5.02 Å². The topological polar surface area (TPSA) is 97.6 Å². The van der Waals surface area contributed by atoms with E-state index >= 15 is 0 Å². The maximum atomic E-state index is 13.5. The van der Waals surface area contributed by atoms with Gasteiger partial charge in [-0.2, -0.15) is 18.4 Å². The van der Waals surface area contributed by atoms with Crippen LogP contribution in [0.5, 0.6) is 0 Å². The minimum atomic E-state index is -4.88. The van der Waals surface area contributed by atoms with Gasteiger partial charge in [-0.05, 0) is 62.0 Å². The quantitative estimate of drug-likeness (QED) is 0.302. The molecule has 0 bridgehead atoms. The second kappa shape index (κ2) is 9.39. The number of benzene rings is 2. The number of aromatic nitrogens is 1. The van der Waals surface area contributed by atoms with Gasteiger partial charge >= 0.3 is 6.18 Å². The summed E-state index contributed by atoms with van der Waals surface area (Å²) in [5.41, 5.74) is -2.29. The molecular weight excluding hydrogens is 567 g/mol. The van der Waals surface area contributed by atoms with Gasteiger partial charge in [-0.1, -0.05) is 29.8 Å². The van der Waals surface area contributed by atoms with Crippen LogP contribution in [0.15, 0.2) is 54.7 Å². The molecule has 3 amide bonds. The lowest BCUT2D eigenvalue weighted by Crippen LogP contribution is -2.44. The normalized spacial score (nSPS) is 16.6. The molecule has 0 N–H and O–H groups in total. The number of carbonyl (C=O) groups excluding carboxylic acids is 3. The van der Waals surface area contributed by atoms with Crippen molar-refractivity contribution in [3.8, 4) is 6.07 Å². The van der Waals surface area contributed by atoms with Gasteiger partial charge in [0, 0.05) is 10.7 Å². The van der Waals surface area contributed by atoms with Crippen molar-refractivity contribution < 1.29 is 27.6 Å². The van der Waals surface area contributed by atoms with E-state index in [9.17, 15) is 27.6 Å². The van der Waals surface area contributed by atoms with E-state index in [4.69, 9.17) is 29.1 Å². The van der Waals surface area contributed by atoms with Gasteiger partial charge in [-0.3, -0.25) is 24.2 Å². The fourth-order valence-corrected chi connectivity index (χ4v) is 5.45. The van der Waals surface area contributed by atoms with E-state index in [1.54, 1.807) is 50.2 Å². The molecule has 1 aromatic heterocycles. The van der Waals surface area contributed by atoms with Crippen molar-refractivity contribution in [2.45, 2.75) is 32.1 Å². The lowest BCUT2D eigenvalue weighted by atomic mass is 10.0. The van der Waals surface area contributed by atoms with Crippen LogP contribution in [0.25, 0.3) is 0 Å². The van der Waals surface area contributed by atoms with E-state index in [2.05, 4.69) is 4.98 Å². The highest BCUT2D eigenvalue weighted by molar-refractivity contribution is 7.81. The Kier molecular flexibility index (Phi) is 6.40. The van der Waals surface area contributed by atoms with Crippen molar-refractivity contribution in [3.63, 3.8) is 0 Å². The zero-order valence-electron chi connectivity index (χ0n) is 20.8. The average molecular weight is 584 g/mol. The number of anilines is 2. The van der Waals surface area contributed by atoms with Crippen molar-refractivity contribution in [1.82, 2.24) is 9.88 Å². The summed E-state index contributed by atoms with van der Waals surface area (Å²) < 4.78 is 40.6. The Hall–Kier alpha value is -4.34. The van der Waals surface area contributed by atoms with Crippen molar-refractivity contribution in [3.05, 3.63) is 87.7 Å². The molecule has 8 nitrogen and oxygen atoms in total. The summed E-state index contributed by atoms with van der Waals surface area (Å²) in [6.45, 7) is 3.00. The molecule has 0 saturated carbocycles. The van der Waals surface area contributed by atoms with Crippen LogP contribution >= 0.6 is 23.8 Å². The standard InChI is InChI=1S/C27H17ClF3N5O3S/c1-26(2)24(39)35(16-9-19(27(29,30)31)21(11-32)33-12-16)25(40)36(26)15-8-7-14(20(28)10-15)13-34-22(37)17-5-3-4-6-18(17)23(34)38/h3-10,12H,13H2,1-2H3. The molecule has 3 aromatic rings. The van der Waals surface area contributed by atoms with E-state index < -0.39 is 40.7 Å². The maximum absolute atomic E-state index is 13.5. The number of halogens is 4. The number of nitrogens with zero attached hydrogens (tertiary/aromatic N) is 5. The first-order chi connectivity index (χ1) is 18.8. The number of fused-ring (bicyclic) bond motifs is 1. The fourth-order valence-electron chi connectivity index (χ4n) is 4.69. The Labute approximate surface area is 236 Å². The minimum Gasteiger partial charge on any atom is -0.303 e. The van der Waals surface area contributed by atoms with E-state index in [-0.39, 0.29) is 22.4 Å². The van der Waals surface area contributed by atoms with E-state index in [1.807, 2.05) is 0 Å². The lowest BCUT2D eigenvalue weighted by molar-refractivity contribution is -0.138. The first-order valence-electron chi connectivity index (χ1n) is 11.7. The number of nitriles is 1. The smallest absolute Gasteiger partial charge is 0.303 e. The Morgan fingerprint density at radius 3 is 2.20 bits per heavy atom. The van der Waals surface area contributed by atoms with Gasteiger partial charge in [0.25, 0.3) is 17.7 Å². The monoisotopic (exact) mass is 583 g/mol. The van der Waals surface area contributed by atoms with Crippen molar-refractivity contribution in [1.29, 1.82) is 5.26 Å². The summed E-state index contributed by atoms with van der Waals surface area (Å²) >= 11 is 12.1. The van der Waals surface area contributed by atoms with Crippen LogP contribution in [0.4, 0.5) is 24.5 Å². The van der Waals surface area contributed by atoms with Gasteiger partial charge in [0.05, 0.1) is 35.1 Å². The molecule has 2 aromatic carbocycles. The summed E-state index contributed by atoms with van der Waals surface area (Å²) in [5.74, 6) is -1.51. The number of hydrogen-bond donors (Lipinski definition) is 0. The Balaban J connectivity index is 1.46. The second-order valence-corrected chi connectivity index (χ2v) is 10.3. The Morgan fingerprint density at radius 2 is 1.65 bits per heavy atom. The van der Waals surface area contributed by atoms with Crippen molar-refractivity contribution in [2.75, 3.05) is 9.80 Å². The predicted molar refractivity (Wildman–Crippen MR) is 143 cm³/mol. The molecular formula is C27H17ClF3N5O3S. The fraction of sp³-hybridized carbons (Fsp3) is 0.185. The van der Waals surface area contributed by atoms with Crippen LogP contribution in [-0.4, -0.2) is 38.3 Å². The van der Waals surface area contributed by atoms with E-state index in [0.29, 0.717) is 28.4 Å². The number of thiocarbonyl (C=S) groups is 1. The third-order valence-electron chi connectivity index (χ3n) is 6.71. The van der Waals surface area contributed by atoms with Gasteiger partial charge in [0.15, 0.2) is 10.8 Å². The van der Waals surface area contributed by atoms with Gasteiger partial charge < -0.3 is 4.90 Å².